The highest BCUT2D eigenvalue weighted by Crippen LogP contribution is 2.51. The lowest BCUT2D eigenvalue weighted by Gasteiger charge is -2.37. The molecule has 1 N–H and O–H groups in total. The number of likely N-dealkylation sites (N-methyl/N-ethyl adjacent to an activating group) is 1. The third-order valence-electron chi connectivity index (χ3n) is 7.46. The van der Waals surface area contributed by atoms with Crippen LogP contribution in [0.3, 0.4) is 0 Å². The first-order valence-electron chi connectivity index (χ1n) is 12.4. The fraction of sp³-hybridized carbons (Fsp3) is 0.367. The van der Waals surface area contributed by atoms with Gasteiger partial charge >= 0.3 is 5.97 Å². The van der Waals surface area contributed by atoms with E-state index in [0.717, 1.165) is 45.4 Å². The van der Waals surface area contributed by atoms with Crippen LogP contribution in [0, 0.1) is 12.8 Å². The first kappa shape index (κ1) is 25.3. The molecule has 0 aliphatic heterocycles. The Morgan fingerprint density at radius 1 is 1.17 bits per heavy atom. The molecular weight excluding hydrogens is 453 g/mol. The number of carboxylic acids is 1. The number of carbonyl (C=O) groups is 1. The lowest BCUT2D eigenvalue weighted by atomic mass is 9.91. The summed E-state index contributed by atoms with van der Waals surface area (Å²) in [6.45, 7) is 10.4. The van der Waals surface area contributed by atoms with Crippen molar-refractivity contribution in [2.24, 2.45) is 5.92 Å². The molecule has 1 heterocycles. The Kier molecular flexibility index (Phi) is 7.82. The maximum Gasteiger partial charge on any atom is 0.334 e. The number of benzene rings is 1. The van der Waals surface area contributed by atoms with Crippen molar-refractivity contribution >= 4 is 25.7 Å². The molecular formula is C30H36NO3P. The predicted molar refractivity (Wildman–Crippen MR) is 147 cm³/mol. The molecule has 2 aliphatic rings. The van der Waals surface area contributed by atoms with Crippen molar-refractivity contribution in [2.75, 3.05) is 13.7 Å². The molecule has 1 fully saturated rings. The van der Waals surface area contributed by atoms with E-state index in [2.05, 4.69) is 50.1 Å². The zero-order chi connectivity index (χ0) is 25.1. The fourth-order valence-corrected chi connectivity index (χ4v) is 7.14. The van der Waals surface area contributed by atoms with Gasteiger partial charge in [-0.3, -0.25) is 0 Å². The molecule has 0 saturated heterocycles. The van der Waals surface area contributed by atoms with Crippen LogP contribution in [0.25, 0.3) is 23.0 Å². The van der Waals surface area contributed by atoms with Gasteiger partial charge in [-0.1, -0.05) is 62.8 Å². The smallest absolute Gasteiger partial charge is 0.334 e. The van der Waals surface area contributed by atoms with E-state index in [-0.39, 0.29) is 0 Å². The van der Waals surface area contributed by atoms with Gasteiger partial charge in [0.25, 0.3) is 0 Å². The molecule has 0 radical (unpaired) electrons. The summed E-state index contributed by atoms with van der Waals surface area (Å²) in [5.41, 5.74) is 6.25. The van der Waals surface area contributed by atoms with E-state index in [1.54, 1.807) is 6.08 Å². The van der Waals surface area contributed by atoms with Crippen LogP contribution in [0.4, 0.5) is 0 Å². The molecule has 1 unspecified atom stereocenters. The summed E-state index contributed by atoms with van der Waals surface area (Å²) >= 11 is 0. The van der Waals surface area contributed by atoms with Gasteiger partial charge in [0.15, 0.2) is 0 Å². The van der Waals surface area contributed by atoms with E-state index < -0.39 is 14.0 Å². The fourth-order valence-electron chi connectivity index (χ4n) is 5.08. The largest absolute Gasteiger partial charge is 0.478 e. The Morgan fingerprint density at radius 3 is 2.46 bits per heavy atom. The van der Waals surface area contributed by atoms with Crippen LogP contribution in [0.15, 0.2) is 70.8 Å². The number of nitrogens with zero attached hydrogens (tertiary/aromatic N) is 1. The van der Waals surface area contributed by atoms with E-state index in [1.165, 1.54) is 25.7 Å². The average molecular weight is 490 g/mol. The molecule has 35 heavy (non-hydrogen) atoms. The molecule has 184 valence electrons. The number of furan rings is 1. The zero-order valence-corrected chi connectivity index (χ0v) is 22.1. The molecule has 1 aromatic heterocycles. The van der Waals surface area contributed by atoms with Gasteiger partial charge in [-0.05, 0) is 81.0 Å². The molecule has 1 atom stereocenters. The zero-order valence-electron chi connectivity index (χ0n) is 21.3. The van der Waals surface area contributed by atoms with Crippen molar-refractivity contribution < 1.29 is 14.3 Å². The molecule has 1 aromatic carbocycles. The molecule has 5 heteroatoms. The normalized spacial score (nSPS) is 21.3. The Morgan fingerprint density at radius 2 is 1.83 bits per heavy atom. The van der Waals surface area contributed by atoms with E-state index >= 15 is 0 Å². The van der Waals surface area contributed by atoms with Gasteiger partial charge in [0.1, 0.15) is 11.5 Å². The van der Waals surface area contributed by atoms with Crippen molar-refractivity contribution in [3.8, 4) is 11.3 Å². The number of rotatable bonds is 8. The summed E-state index contributed by atoms with van der Waals surface area (Å²) in [6.07, 6.45) is 13.1. The minimum Gasteiger partial charge on any atom is -0.478 e. The van der Waals surface area contributed by atoms with Crippen LogP contribution in [-0.2, 0) is 4.79 Å². The average Bonchev–Trinajstić information content (AvgIpc) is 3.47. The summed E-state index contributed by atoms with van der Waals surface area (Å²) in [6, 6.07) is 10.3. The van der Waals surface area contributed by atoms with Crippen LogP contribution in [-0.4, -0.2) is 35.1 Å². The standard InChI is InChI=1S/C30H36NO3P/c1-6-7-8-28-21(3)17-29(34-28)23-13-11-22(12-14-23)24-18-26(30(32)33)27(19-24)31(4)35(5)25-15-9-20(2)10-16-25/h6-8,11-14,17,19-20,25H,1,9-10,15-16,18H2,2-5H3,(H,32,33)/b8-7-. The molecule has 2 aliphatic carbocycles. The third kappa shape index (κ3) is 5.54. The maximum atomic E-state index is 12.1. The SMILES string of the molecule is C=C/C=C\c1oc(-c2ccc(C3=CC(N(C)P(C)C4CCC(C)CC4)=C(C(=O)O)C3)cc2)cc1C. The van der Waals surface area contributed by atoms with Crippen molar-refractivity contribution in [3.63, 3.8) is 0 Å². The molecule has 4 nitrogen and oxygen atoms in total. The predicted octanol–water partition coefficient (Wildman–Crippen LogP) is 8.12. The van der Waals surface area contributed by atoms with Crippen molar-refractivity contribution in [1.82, 2.24) is 4.67 Å². The second kappa shape index (κ2) is 10.8. The molecule has 1 saturated carbocycles. The van der Waals surface area contributed by atoms with Gasteiger partial charge < -0.3 is 14.2 Å². The van der Waals surface area contributed by atoms with Crippen molar-refractivity contribution in [1.29, 1.82) is 0 Å². The van der Waals surface area contributed by atoms with E-state index in [1.807, 2.05) is 37.3 Å². The number of hydrogen-bond acceptors (Lipinski definition) is 3. The maximum absolute atomic E-state index is 12.1. The molecule has 0 amide bonds. The van der Waals surface area contributed by atoms with Gasteiger partial charge in [-0.25, -0.2) is 4.79 Å². The van der Waals surface area contributed by atoms with Crippen LogP contribution >= 0.6 is 8.07 Å². The number of aryl methyl sites for hydroxylation is 1. The van der Waals surface area contributed by atoms with E-state index in [4.69, 9.17) is 4.42 Å². The van der Waals surface area contributed by atoms with Crippen LogP contribution in [0.1, 0.15) is 55.9 Å². The van der Waals surface area contributed by atoms with E-state index in [9.17, 15) is 9.90 Å². The Balaban J connectivity index is 1.53. The minimum absolute atomic E-state index is 0.427. The van der Waals surface area contributed by atoms with E-state index in [0.29, 0.717) is 17.7 Å². The highest BCUT2D eigenvalue weighted by Gasteiger charge is 2.31. The number of aliphatic carboxylic acids is 1. The number of carboxylic acid groups (broad SMARTS) is 1. The third-order valence-corrected chi connectivity index (χ3v) is 10.2. The van der Waals surface area contributed by atoms with Gasteiger partial charge in [-0.2, -0.15) is 0 Å². The number of allylic oxidation sites excluding steroid dienone is 4. The molecule has 2 aromatic rings. The monoisotopic (exact) mass is 489 g/mol. The summed E-state index contributed by atoms with van der Waals surface area (Å²) in [5, 5.41) is 9.97. The summed E-state index contributed by atoms with van der Waals surface area (Å²) in [7, 11) is 1.66. The topological polar surface area (TPSA) is 53.7 Å². The highest BCUT2D eigenvalue weighted by molar-refractivity contribution is 7.55. The lowest BCUT2D eigenvalue weighted by molar-refractivity contribution is -0.132. The first-order valence-corrected chi connectivity index (χ1v) is 14.2. The van der Waals surface area contributed by atoms with Crippen molar-refractivity contribution in [2.45, 2.75) is 51.6 Å². The summed E-state index contributed by atoms with van der Waals surface area (Å²) in [5.74, 6) is 1.65. The quantitative estimate of drug-likeness (QED) is 0.300. The van der Waals surface area contributed by atoms with Gasteiger partial charge in [0, 0.05) is 19.0 Å². The summed E-state index contributed by atoms with van der Waals surface area (Å²) < 4.78 is 8.28. The van der Waals surface area contributed by atoms with Crippen LogP contribution in [0.2, 0.25) is 0 Å². The molecule has 0 spiro atoms. The van der Waals surface area contributed by atoms with Gasteiger partial charge in [0.05, 0.1) is 11.3 Å². The van der Waals surface area contributed by atoms with Gasteiger partial charge in [-0.15, -0.1) is 0 Å². The molecule has 0 bridgehead atoms. The molecule has 4 rings (SSSR count). The second-order valence-electron chi connectivity index (χ2n) is 9.86. The number of hydrogen-bond donors (Lipinski definition) is 1. The lowest BCUT2D eigenvalue weighted by Crippen LogP contribution is -2.23. The second-order valence-corrected chi connectivity index (χ2v) is 12.3. The highest BCUT2D eigenvalue weighted by atomic mass is 31.1. The Hall–Kier alpha value is -2.84. The Labute approximate surface area is 210 Å². The van der Waals surface area contributed by atoms with Crippen LogP contribution < -0.4 is 0 Å². The minimum atomic E-state index is -0.818. The van der Waals surface area contributed by atoms with Crippen molar-refractivity contribution in [3.05, 3.63) is 83.3 Å². The first-order chi connectivity index (χ1) is 16.8. The Bertz CT molecular complexity index is 1180. The van der Waals surface area contributed by atoms with Crippen LogP contribution in [0.5, 0.6) is 0 Å². The van der Waals surface area contributed by atoms with Gasteiger partial charge in [0.2, 0.25) is 0 Å². The summed E-state index contributed by atoms with van der Waals surface area (Å²) in [4.78, 5) is 12.1.